The van der Waals surface area contributed by atoms with Gasteiger partial charge in [0, 0.05) is 6.61 Å². The van der Waals surface area contributed by atoms with E-state index in [-0.39, 0.29) is 11.5 Å². The van der Waals surface area contributed by atoms with Crippen molar-refractivity contribution in [3.05, 3.63) is 0 Å². The van der Waals surface area contributed by atoms with Gasteiger partial charge in [-0.1, -0.05) is 27.2 Å². The van der Waals surface area contributed by atoms with Crippen LogP contribution in [-0.2, 0) is 4.74 Å². The molecule has 0 aromatic rings. The molecule has 1 saturated heterocycles. The Morgan fingerprint density at radius 2 is 2.00 bits per heavy atom. The van der Waals surface area contributed by atoms with Gasteiger partial charge in [0.2, 0.25) is 0 Å². The molecule has 2 fully saturated rings. The van der Waals surface area contributed by atoms with Crippen LogP contribution in [0.15, 0.2) is 0 Å². The van der Waals surface area contributed by atoms with Crippen LogP contribution in [0.1, 0.15) is 65.7 Å². The van der Waals surface area contributed by atoms with Crippen molar-refractivity contribution in [3.63, 3.8) is 0 Å². The summed E-state index contributed by atoms with van der Waals surface area (Å²) in [7, 11) is 0. The smallest absolute Gasteiger partial charge is 0.0576 e. The number of hydrogen-bond acceptors (Lipinski definition) is 2. The fourth-order valence-corrected chi connectivity index (χ4v) is 3.85. The lowest BCUT2D eigenvalue weighted by Gasteiger charge is -2.42. The Balaban J connectivity index is 1.84. The normalized spacial score (nSPS) is 38.0. The molecule has 2 heteroatoms. The predicted molar refractivity (Wildman–Crippen MR) is 74.5 cm³/mol. The third-order valence-corrected chi connectivity index (χ3v) is 5.22. The molecule has 1 saturated carbocycles. The summed E-state index contributed by atoms with van der Waals surface area (Å²) in [6.07, 6.45) is 8.70. The molecule has 1 aliphatic heterocycles. The van der Waals surface area contributed by atoms with E-state index in [1.807, 2.05) is 0 Å². The second kappa shape index (κ2) is 5.92. The fraction of sp³-hybridized carbons (Fsp3) is 1.00. The predicted octanol–water partition coefficient (Wildman–Crippen LogP) is 3.77. The lowest BCUT2D eigenvalue weighted by Crippen LogP contribution is -2.39. The molecule has 2 rings (SSSR count). The third kappa shape index (κ3) is 3.48. The van der Waals surface area contributed by atoms with E-state index in [4.69, 9.17) is 4.74 Å². The Bertz CT molecular complexity index is 256. The van der Waals surface area contributed by atoms with Gasteiger partial charge in [-0.25, -0.2) is 0 Å². The van der Waals surface area contributed by atoms with Crippen molar-refractivity contribution in [3.8, 4) is 0 Å². The lowest BCUT2D eigenvalue weighted by molar-refractivity contribution is -0.0222. The average molecular weight is 254 g/mol. The summed E-state index contributed by atoms with van der Waals surface area (Å²) in [6, 6.07) is 0. The molecule has 1 aliphatic carbocycles. The van der Waals surface area contributed by atoms with Crippen molar-refractivity contribution >= 4 is 0 Å². The molecular formula is C16H30O2. The molecule has 2 aliphatic rings. The highest BCUT2D eigenvalue weighted by atomic mass is 16.5. The van der Waals surface area contributed by atoms with E-state index in [0.717, 1.165) is 13.0 Å². The van der Waals surface area contributed by atoms with Crippen LogP contribution in [0.25, 0.3) is 0 Å². The van der Waals surface area contributed by atoms with Crippen molar-refractivity contribution in [1.82, 2.24) is 0 Å². The molecule has 0 radical (unpaired) electrons. The van der Waals surface area contributed by atoms with Gasteiger partial charge in [0.1, 0.15) is 0 Å². The Labute approximate surface area is 112 Å². The second-order valence-corrected chi connectivity index (χ2v) is 7.25. The van der Waals surface area contributed by atoms with Crippen LogP contribution in [0.5, 0.6) is 0 Å². The van der Waals surface area contributed by atoms with E-state index < -0.39 is 0 Å². The first-order valence-corrected chi connectivity index (χ1v) is 7.78. The van der Waals surface area contributed by atoms with Crippen LogP contribution in [0.3, 0.4) is 0 Å². The summed E-state index contributed by atoms with van der Waals surface area (Å²) in [5.41, 5.74) is 0.255. The van der Waals surface area contributed by atoms with Crippen LogP contribution in [-0.4, -0.2) is 23.9 Å². The van der Waals surface area contributed by atoms with E-state index in [2.05, 4.69) is 20.8 Å². The first kappa shape index (κ1) is 14.3. The highest BCUT2D eigenvalue weighted by Crippen LogP contribution is 2.43. The van der Waals surface area contributed by atoms with E-state index in [9.17, 15) is 5.11 Å². The highest BCUT2D eigenvalue weighted by molar-refractivity contribution is 4.88. The largest absolute Gasteiger partial charge is 0.393 e. The van der Waals surface area contributed by atoms with Crippen molar-refractivity contribution < 1.29 is 9.84 Å². The third-order valence-electron chi connectivity index (χ3n) is 5.22. The molecule has 1 N–H and O–H groups in total. The van der Waals surface area contributed by atoms with E-state index >= 15 is 0 Å². The van der Waals surface area contributed by atoms with Crippen molar-refractivity contribution in [2.24, 2.45) is 17.3 Å². The maximum Gasteiger partial charge on any atom is 0.0576 e. The van der Waals surface area contributed by atoms with E-state index in [0.29, 0.717) is 17.9 Å². The molecule has 4 atom stereocenters. The van der Waals surface area contributed by atoms with Crippen LogP contribution in [0.4, 0.5) is 0 Å². The van der Waals surface area contributed by atoms with Gasteiger partial charge in [0.25, 0.3) is 0 Å². The number of ether oxygens (including phenoxy) is 1. The molecule has 4 unspecified atom stereocenters. The molecular weight excluding hydrogens is 224 g/mol. The minimum Gasteiger partial charge on any atom is -0.393 e. The minimum atomic E-state index is -0.0896. The molecule has 0 spiro atoms. The van der Waals surface area contributed by atoms with Gasteiger partial charge >= 0.3 is 0 Å². The van der Waals surface area contributed by atoms with Gasteiger partial charge in [-0.2, -0.15) is 0 Å². The SMILES string of the molecule is CC1CCC(C(C)(C)CCC2CCCO2)C(O)C1. The molecule has 0 aromatic carbocycles. The summed E-state index contributed by atoms with van der Waals surface area (Å²) in [4.78, 5) is 0. The molecule has 1 heterocycles. The fourth-order valence-electron chi connectivity index (χ4n) is 3.85. The summed E-state index contributed by atoms with van der Waals surface area (Å²) >= 11 is 0. The Kier molecular flexibility index (Phi) is 4.71. The van der Waals surface area contributed by atoms with Crippen LogP contribution in [0, 0.1) is 17.3 Å². The maximum atomic E-state index is 10.3. The molecule has 2 nitrogen and oxygen atoms in total. The first-order chi connectivity index (χ1) is 8.49. The van der Waals surface area contributed by atoms with E-state index in [1.54, 1.807) is 0 Å². The van der Waals surface area contributed by atoms with Gasteiger partial charge in [0.05, 0.1) is 12.2 Å². The monoisotopic (exact) mass is 254 g/mol. The Hall–Kier alpha value is -0.0800. The van der Waals surface area contributed by atoms with Crippen LogP contribution in [0.2, 0.25) is 0 Å². The Morgan fingerprint density at radius 1 is 1.22 bits per heavy atom. The van der Waals surface area contributed by atoms with Gasteiger partial charge < -0.3 is 9.84 Å². The van der Waals surface area contributed by atoms with Gasteiger partial charge in [-0.05, 0) is 55.8 Å². The number of hydrogen-bond donors (Lipinski definition) is 1. The summed E-state index contributed by atoms with van der Waals surface area (Å²) < 4.78 is 5.72. The lowest BCUT2D eigenvalue weighted by atomic mass is 9.65. The summed E-state index contributed by atoms with van der Waals surface area (Å²) in [5.74, 6) is 1.18. The van der Waals surface area contributed by atoms with Crippen molar-refractivity contribution in [2.45, 2.75) is 77.9 Å². The second-order valence-electron chi connectivity index (χ2n) is 7.25. The molecule has 0 amide bonds. The zero-order chi connectivity index (χ0) is 13.2. The Morgan fingerprint density at radius 3 is 2.61 bits per heavy atom. The maximum absolute atomic E-state index is 10.3. The average Bonchev–Trinajstić information content (AvgIpc) is 2.78. The molecule has 106 valence electrons. The molecule has 0 bridgehead atoms. The number of aliphatic hydroxyl groups is 1. The summed E-state index contributed by atoms with van der Waals surface area (Å²) in [5, 5.41) is 10.3. The van der Waals surface area contributed by atoms with Gasteiger partial charge in [-0.15, -0.1) is 0 Å². The summed E-state index contributed by atoms with van der Waals surface area (Å²) in [6.45, 7) is 7.89. The quantitative estimate of drug-likeness (QED) is 0.827. The van der Waals surface area contributed by atoms with E-state index in [1.165, 1.54) is 38.5 Å². The number of aliphatic hydroxyl groups excluding tert-OH is 1. The molecule has 18 heavy (non-hydrogen) atoms. The zero-order valence-corrected chi connectivity index (χ0v) is 12.3. The topological polar surface area (TPSA) is 29.5 Å². The minimum absolute atomic E-state index is 0.0896. The van der Waals surface area contributed by atoms with Gasteiger partial charge in [0.15, 0.2) is 0 Å². The zero-order valence-electron chi connectivity index (χ0n) is 12.3. The van der Waals surface area contributed by atoms with Crippen LogP contribution < -0.4 is 0 Å². The number of rotatable bonds is 4. The van der Waals surface area contributed by atoms with Crippen LogP contribution >= 0.6 is 0 Å². The highest BCUT2D eigenvalue weighted by Gasteiger charge is 2.38. The van der Waals surface area contributed by atoms with Crippen molar-refractivity contribution in [2.75, 3.05) is 6.61 Å². The molecule has 0 aromatic heterocycles. The standard InChI is InChI=1S/C16H30O2/c1-12-6-7-14(15(17)11-12)16(2,3)9-8-13-5-4-10-18-13/h12-15,17H,4-11H2,1-3H3. The van der Waals surface area contributed by atoms with Crippen molar-refractivity contribution in [1.29, 1.82) is 0 Å². The first-order valence-electron chi connectivity index (χ1n) is 7.78. The van der Waals surface area contributed by atoms with Gasteiger partial charge in [-0.3, -0.25) is 0 Å².